The van der Waals surface area contributed by atoms with E-state index in [1.54, 1.807) is 0 Å². The van der Waals surface area contributed by atoms with E-state index in [1.165, 1.54) is 12.1 Å². The van der Waals surface area contributed by atoms with Gasteiger partial charge in [0.05, 0.1) is 17.2 Å². The summed E-state index contributed by atoms with van der Waals surface area (Å²) in [6.45, 7) is 0. The summed E-state index contributed by atoms with van der Waals surface area (Å²) in [5.74, 6) is -2.52. The van der Waals surface area contributed by atoms with Crippen molar-refractivity contribution in [3.63, 3.8) is 0 Å². The molecule has 132 valence electrons. The van der Waals surface area contributed by atoms with Gasteiger partial charge in [-0.1, -0.05) is 12.1 Å². The zero-order valence-corrected chi connectivity index (χ0v) is 13.1. The molecule has 25 heavy (non-hydrogen) atoms. The summed E-state index contributed by atoms with van der Waals surface area (Å²) in [4.78, 5) is 36.5. The van der Waals surface area contributed by atoms with E-state index in [1.807, 2.05) is 0 Å². The van der Waals surface area contributed by atoms with Crippen LogP contribution in [0.25, 0.3) is 0 Å². The number of Topliss-reactive ketones (excluding diaryl/α,β-unsaturated/α-hetero) is 1. The van der Waals surface area contributed by atoms with E-state index in [9.17, 15) is 27.6 Å². The number of anilines is 1. The van der Waals surface area contributed by atoms with Crippen LogP contribution in [-0.4, -0.2) is 17.6 Å². The van der Waals surface area contributed by atoms with Crippen LogP contribution < -0.4 is 10.6 Å². The Morgan fingerprint density at radius 2 is 1.88 bits per heavy atom. The van der Waals surface area contributed by atoms with Crippen molar-refractivity contribution >= 4 is 23.3 Å². The molecule has 2 N–H and O–H groups in total. The first kappa shape index (κ1) is 17.2. The number of alkyl halides is 3. The standard InChI is InChI=1S/C17H15F3N2O3/c18-17(19,20)10-4-1-2-5-11(10)22-16(25)9-8-14(24)21-12-6-3-7-13(23)15(9)12/h1-2,4-5,9H,3,6-8H2,(H,21,24)(H,22,25). The third-order valence-corrected chi connectivity index (χ3v) is 4.29. The van der Waals surface area contributed by atoms with Crippen LogP contribution >= 0.6 is 0 Å². The van der Waals surface area contributed by atoms with E-state index < -0.39 is 35.2 Å². The number of hydrogen-bond donors (Lipinski definition) is 2. The lowest BCUT2D eigenvalue weighted by atomic mass is 9.81. The summed E-state index contributed by atoms with van der Waals surface area (Å²) in [5.41, 5.74) is -0.742. The predicted molar refractivity (Wildman–Crippen MR) is 82.2 cm³/mol. The maximum absolute atomic E-state index is 13.1. The van der Waals surface area contributed by atoms with E-state index in [4.69, 9.17) is 0 Å². The molecule has 1 aliphatic heterocycles. The molecule has 1 aliphatic carbocycles. The number of nitrogens with one attached hydrogen (secondary N) is 2. The van der Waals surface area contributed by atoms with Gasteiger partial charge in [0, 0.05) is 24.1 Å². The number of carbonyl (C=O) groups is 3. The highest BCUT2D eigenvalue weighted by atomic mass is 19.4. The molecule has 0 bridgehead atoms. The fourth-order valence-corrected chi connectivity index (χ4v) is 3.19. The molecular weight excluding hydrogens is 337 g/mol. The molecule has 2 aliphatic rings. The zero-order valence-electron chi connectivity index (χ0n) is 13.1. The minimum Gasteiger partial charge on any atom is -0.329 e. The van der Waals surface area contributed by atoms with E-state index in [2.05, 4.69) is 10.6 Å². The molecule has 1 unspecified atom stereocenters. The minimum absolute atomic E-state index is 0.216. The maximum atomic E-state index is 13.1. The van der Waals surface area contributed by atoms with Gasteiger partial charge in [-0.15, -0.1) is 0 Å². The van der Waals surface area contributed by atoms with Crippen LogP contribution in [0.2, 0.25) is 0 Å². The van der Waals surface area contributed by atoms with Crippen molar-refractivity contribution in [2.24, 2.45) is 5.92 Å². The molecule has 0 spiro atoms. The van der Waals surface area contributed by atoms with Gasteiger partial charge in [-0.05, 0) is 25.0 Å². The normalized spacial score (nSPS) is 20.8. The Morgan fingerprint density at radius 3 is 2.60 bits per heavy atom. The van der Waals surface area contributed by atoms with Crippen molar-refractivity contribution in [2.75, 3.05) is 5.32 Å². The highest BCUT2D eigenvalue weighted by molar-refractivity contribution is 6.09. The SMILES string of the molecule is O=C1CC(C(=O)Nc2ccccc2C(F)(F)F)C2=C(CCCC2=O)N1. The summed E-state index contributed by atoms with van der Waals surface area (Å²) in [6.07, 6.45) is -3.58. The number of rotatable bonds is 2. The van der Waals surface area contributed by atoms with Crippen molar-refractivity contribution in [2.45, 2.75) is 31.9 Å². The molecule has 3 rings (SSSR count). The molecule has 1 aromatic carbocycles. The number of carbonyl (C=O) groups excluding carboxylic acids is 3. The molecule has 8 heteroatoms. The molecule has 0 fully saturated rings. The Balaban J connectivity index is 1.91. The quantitative estimate of drug-likeness (QED) is 0.859. The highest BCUT2D eigenvalue weighted by Crippen LogP contribution is 2.36. The predicted octanol–water partition coefficient (Wildman–Crippen LogP) is 2.79. The smallest absolute Gasteiger partial charge is 0.329 e. The first-order valence-corrected chi connectivity index (χ1v) is 7.80. The first-order chi connectivity index (χ1) is 11.8. The van der Waals surface area contributed by atoms with Gasteiger partial charge in [-0.3, -0.25) is 14.4 Å². The lowest BCUT2D eigenvalue weighted by molar-refractivity contribution is -0.137. The first-order valence-electron chi connectivity index (χ1n) is 7.80. The van der Waals surface area contributed by atoms with Crippen molar-refractivity contribution in [1.82, 2.24) is 5.32 Å². The molecule has 0 saturated carbocycles. The zero-order chi connectivity index (χ0) is 18.2. The summed E-state index contributed by atoms with van der Waals surface area (Å²) < 4.78 is 39.2. The molecule has 1 atom stereocenters. The molecule has 0 aromatic heterocycles. The summed E-state index contributed by atoms with van der Waals surface area (Å²) >= 11 is 0. The number of para-hydroxylation sites is 1. The molecule has 1 aromatic rings. The second kappa shape index (κ2) is 6.34. The summed E-state index contributed by atoms with van der Waals surface area (Å²) in [7, 11) is 0. The molecule has 0 radical (unpaired) electrons. The van der Waals surface area contributed by atoms with Crippen LogP contribution in [0.15, 0.2) is 35.5 Å². The van der Waals surface area contributed by atoms with E-state index in [0.29, 0.717) is 18.5 Å². The van der Waals surface area contributed by atoms with Gasteiger partial charge in [-0.25, -0.2) is 0 Å². The van der Waals surface area contributed by atoms with Crippen LogP contribution in [-0.2, 0) is 20.6 Å². The topological polar surface area (TPSA) is 75.3 Å². The maximum Gasteiger partial charge on any atom is 0.418 e. The van der Waals surface area contributed by atoms with Gasteiger partial charge in [0.1, 0.15) is 0 Å². The van der Waals surface area contributed by atoms with Crippen molar-refractivity contribution in [3.05, 3.63) is 41.1 Å². The molecular formula is C17H15F3N2O3. The van der Waals surface area contributed by atoms with Crippen LogP contribution in [0.3, 0.4) is 0 Å². The Labute approximate surface area is 141 Å². The minimum atomic E-state index is -4.63. The fraction of sp³-hybridized carbons (Fsp3) is 0.353. The average Bonchev–Trinajstić information content (AvgIpc) is 2.53. The number of benzene rings is 1. The highest BCUT2D eigenvalue weighted by Gasteiger charge is 2.39. The van der Waals surface area contributed by atoms with Crippen LogP contribution in [0.1, 0.15) is 31.2 Å². The second-order valence-electron chi connectivity index (χ2n) is 6.01. The second-order valence-corrected chi connectivity index (χ2v) is 6.01. The van der Waals surface area contributed by atoms with E-state index in [-0.39, 0.29) is 24.2 Å². The lowest BCUT2D eigenvalue weighted by Crippen LogP contribution is -2.42. The van der Waals surface area contributed by atoms with Gasteiger partial charge in [-0.2, -0.15) is 13.2 Å². The molecule has 5 nitrogen and oxygen atoms in total. The number of halogens is 3. The van der Waals surface area contributed by atoms with Crippen molar-refractivity contribution in [1.29, 1.82) is 0 Å². The van der Waals surface area contributed by atoms with Gasteiger partial charge in [0.25, 0.3) is 0 Å². The monoisotopic (exact) mass is 352 g/mol. The van der Waals surface area contributed by atoms with Gasteiger partial charge >= 0.3 is 6.18 Å². The fourth-order valence-electron chi connectivity index (χ4n) is 3.19. The number of amides is 2. The Hall–Kier alpha value is -2.64. The van der Waals surface area contributed by atoms with Gasteiger partial charge < -0.3 is 10.6 Å². The van der Waals surface area contributed by atoms with E-state index in [0.717, 1.165) is 12.1 Å². The Morgan fingerprint density at radius 1 is 1.16 bits per heavy atom. The molecule has 0 saturated heterocycles. The average molecular weight is 352 g/mol. The third kappa shape index (κ3) is 3.42. The van der Waals surface area contributed by atoms with Crippen LogP contribution in [0, 0.1) is 5.92 Å². The third-order valence-electron chi connectivity index (χ3n) is 4.29. The van der Waals surface area contributed by atoms with Gasteiger partial charge in [0.15, 0.2) is 5.78 Å². The number of allylic oxidation sites excluding steroid dienone is 1. The molecule has 2 amide bonds. The van der Waals surface area contributed by atoms with Gasteiger partial charge in [0.2, 0.25) is 11.8 Å². The largest absolute Gasteiger partial charge is 0.418 e. The summed E-state index contributed by atoms with van der Waals surface area (Å²) in [5, 5.41) is 4.83. The van der Waals surface area contributed by atoms with Crippen molar-refractivity contribution < 1.29 is 27.6 Å². The number of hydrogen-bond acceptors (Lipinski definition) is 3. The van der Waals surface area contributed by atoms with Crippen molar-refractivity contribution in [3.8, 4) is 0 Å². The van der Waals surface area contributed by atoms with Crippen LogP contribution in [0.4, 0.5) is 18.9 Å². The van der Waals surface area contributed by atoms with E-state index >= 15 is 0 Å². The number of ketones is 1. The van der Waals surface area contributed by atoms with Crippen LogP contribution in [0.5, 0.6) is 0 Å². The summed E-state index contributed by atoms with van der Waals surface area (Å²) in [6, 6.07) is 4.59. The molecule has 1 heterocycles. The Kier molecular flexibility index (Phi) is 4.36. The Bertz CT molecular complexity index is 784. The lowest BCUT2D eigenvalue weighted by Gasteiger charge is -2.30.